The first-order valence-corrected chi connectivity index (χ1v) is 6.79. The standard InChI is InChI=1S/C13H16ClN3O3/c14-11-8-9(4-5-10(11)12(18)19)15-13(20)16-17-6-2-1-3-7-17/h4-5,8H,1-3,6-7H2,(H,18,19)(H2,15,16,20). The van der Waals surface area contributed by atoms with Gasteiger partial charge in [0.2, 0.25) is 0 Å². The summed E-state index contributed by atoms with van der Waals surface area (Å²) in [4.78, 5) is 22.6. The third-order valence-corrected chi connectivity index (χ3v) is 3.39. The number of piperidine rings is 1. The van der Waals surface area contributed by atoms with Crippen molar-refractivity contribution in [3.8, 4) is 0 Å². The van der Waals surface area contributed by atoms with E-state index in [9.17, 15) is 9.59 Å². The van der Waals surface area contributed by atoms with Gasteiger partial charge in [-0.2, -0.15) is 0 Å². The van der Waals surface area contributed by atoms with Gasteiger partial charge in [0.25, 0.3) is 0 Å². The summed E-state index contributed by atoms with van der Waals surface area (Å²) in [6.07, 6.45) is 3.32. The fraction of sp³-hybridized carbons (Fsp3) is 0.385. The minimum absolute atomic E-state index is 0.00801. The summed E-state index contributed by atoms with van der Waals surface area (Å²) < 4.78 is 0. The number of amides is 2. The number of urea groups is 1. The van der Waals surface area contributed by atoms with Gasteiger partial charge < -0.3 is 10.4 Å². The number of benzene rings is 1. The van der Waals surface area contributed by atoms with Crippen LogP contribution in [0.4, 0.5) is 10.5 Å². The van der Waals surface area contributed by atoms with Crippen molar-refractivity contribution in [2.24, 2.45) is 0 Å². The molecular formula is C13H16ClN3O3. The number of rotatable bonds is 3. The molecule has 1 heterocycles. The molecule has 1 aliphatic heterocycles. The number of nitrogens with one attached hydrogen (secondary N) is 2. The van der Waals surface area contributed by atoms with E-state index in [4.69, 9.17) is 16.7 Å². The van der Waals surface area contributed by atoms with E-state index >= 15 is 0 Å². The van der Waals surface area contributed by atoms with Crippen molar-refractivity contribution in [2.45, 2.75) is 19.3 Å². The summed E-state index contributed by atoms with van der Waals surface area (Å²) in [7, 11) is 0. The van der Waals surface area contributed by atoms with Gasteiger partial charge in [-0.3, -0.25) is 5.43 Å². The summed E-state index contributed by atoms with van der Waals surface area (Å²) in [5, 5.41) is 13.4. The number of aromatic carboxylic acids is 1. The van der Waals surface area contributed by atoms with Gasteiger partial charge >= 0.3 is 12.0 Å². The second-order valence-corrected chi connectivity index (χ2v) is 5.02. The van der Waals surface area contributed by atoms with Gasteiger partial charge in [-0.05, 0) is 31.0 Å². The van der Waals surface area contributed by atoms with Gasteiger partial charge in [0.1, 0.15) is 0 Å². The third kappa shape index (κ3) is 3.85. The number of carbonyl (C=O) groups excluding carboxylic acids is 1. The van der Waals surface area contributed by atoms with Gasteiger partial charge in [0.05, 0.1) is 10.6 Å². The fourth-order valence-electron chi connectivity index (χ4n) is 2.07. The van der Waals surface area contributed by atoms with Crippen LogP contribution >= 0.6 is 11.6 Å². The molecule has 0 radical (unpaired) electrons. The highest BCUT2D eigenvalue weighted by Crippen LogP contribution is 2.21. The Labute approximate surface area is 121 Å². The monoisotopic (exact) mass is 297 g/mol. The summed E-state index contributed by atoms with van der Waals surface area (Å²) in [5.74, 6) is -1.10. The topological polar surface area (TPSA) is 81.7 Å². The largest absolute Gasteiger partial charge is 0.478 e. The number of carboxylic acid groups (broad SMARTS) is 1. The van der Waals surface area contributed by atoms with Crippen molar-refractivity contribution in [2.75, 3.05) is 18.4 Å². The molecular weight excluding hydrogens is 282 g/mol. The minimum Gasteiger partial charge on any atom is -0.478 e. The Morgan fingerprint density at radius 3 is 2.50 bits per heavy atom. The van der Waals surface area contributed by atoms with Crippen LogP contribution in [0.15, 0.2) is 18.2 Å². The summed E-state index contributed by atoms with van der Waals surface area (Å²) in [6, 6.07) is 3.93. The molecule has 1 saturated heterocycles. The van der Waals surface area contributed by atoms with E-state index in [1.165, 1.54) is 24.6 Å². The quantitative estimate of drug-likeness (QED) is 0.801. The van der Waals surface area contributed by atoms with Crippen LogP contribution in [0.5, 0.6) is 0 Å². The Morgan fingerprint density at radius 2 is 1.90 bits per heavy atom. The van der Waals surface area contributed by atoms with Crippen LogP contribution in [-0.2, 0) is 0 Å². The number of hydrogen-bond acceptors (Lipinski definition) is 3. The lowest BCUT2D eigenvalue weighted by Crippen LogP contribution is -2.46. The third-order valence-electron chi connectivity index (χ3n) is 3.07. The Hall–Kier alpha value is -1.79. The summed E-state index contributed by atoms with van der Waals surface area (Å²) in [5.41, 5.74) is 3.21. The lowest BCUT2D eigenvalue weighted by Gasteiger charge is -2.26. The molecule has 1 aliphatic rings. The number of carbonyl (C=O) groups is 2. The summed E-state index contributed by atoms with van der Waals surface area (Å²) in [6.45, 7) is 1.68. The van der Waals surface area contributed by atoms with E-state index in [0.717, 1.165) is 25.9 Å². The fourth-order valence-corrected chi connectivity index (χ4v) is 2.34. The molecule has 2 amide bonds. The number of carboxylic acids is 1. The molecule has 0 spiro atoms. The average Bonchev–Trinajstić information content (AvgIpc) is 2.39. The predicted octanol–water partition coefficient (Wildman–Crippen LogP) is 2.56. The van der Waals surface area contributed by atoms with Crippen LogP contribution in [0.2, 0.25) is 5.02 Å². The maximum atomic E-state index is 11.8. The van der Waals surface area contributed by atoms with Crippen molar-refractivity contribution >= 4 is 29.3 Å². The maximum absolute atomic E-state index is 11.8. The number of hydrazine groups is 1. The summed E-state index contributed by atoms with van der Waals surface area (Å²) >= 11 is 5.84. The first-order chi connectivity index (χ1) is 9.56. The molecule has 1 aromatic carbocycles. The van der Waals surface area contributed by atoms with Crippen molar-refractivity contribution < 1.29 is 14.7 Å². The highest BCUT2D eigenvalue weighted by Gasteiger charge is 2.14. The van der Waals surface area contributed by atoms with Gasteiger partial charge in [0, 0.05) is 18.8 Å². The highest BCUT2D eigenvalue weighted by atomic mass is 35.5. The number of hydrogen-bond donors (Lipinski definition) is 3. The smallest absolute Gasteiger partial charge is 0.337 e. The van der Waals surface area contributed by atoms with E-state index < -0.39 is 5.97 Å². The number of anilines is 1. The molecule has 3 N–H and O–H groups in total. The van der Waals surface area contributed by atoms with Crippen molar-refractivity contribution in [3.63, 3.8) is 0 Å². The molecule has 0 saturated carbocycles. The highest BCUT2D eigenvalue weighted by molar-refractivity contribution is 6.33. The van der Waals surface area contributed by atoms with Gasteiger partial charge in [-0.15, -0.1) is 0 Å². The first kappa shape index (κ1) is 14.6. The molecule has 1 fully saturated rings. The lowest BCUT2D eigenvalue weighted by atomic mass is 10.2. The SMILES string of the molecule is O=C(Nc1ccc(C(=O)O)c(Cl)c1)NN1CCCCC1. The van der Waals surface area contributed by atoms with E-state index in [2.05, 4.69) is 10.7 Å². The molecule has 6 nitrogen and oxygen atoms in total. The van der Waals surface area contributed by atoms with Crippen LogP contribution in [0.25, 0.3) is 0 Å². The molecule has 0 bridgehead atoms. The average molecular weight is 298 g/mol. The molecule has 108 valence electrons. The molecule has 1 aromatic rings. The van der Waals surface area contributed by atoms with Gasteiger partial charge in [-0.25, -0.2) is 14.6 Å². The maximum Gasteiger partial charge on any atom is 0.337 e. The van der Waals surface area contributed by atoms with E-state index in [1.54, 1.807) is 0 Å². The molecule has 0 unspecified atom stereocenters. The Kier molecular flexibility index (Phi) is 4.81. The van der Waals surface area contributed by atoms with E-state index in [0.29, 0.717) is 5.69 Å². The first-order valence-electron chi connectivity index (χ1n) is 6.41. The van der Waals surface area contributed by atoms with E-state index in [1.807, 2.05) is 5.01 Å². The zero-order chi connectivity index (χ0) is 14.5. The molecule has 0 aromatic heterocycles. The lowest BCUT2D eigenvalue weighted by molar-refractivity contribution is 0.0697. The second kappa shape index (κ2) is 6.58. The van der Waals surface area contributed by atoms with Crippen molar-refractivity contribution in [3.05, 3.63) is 28.8 Å². The van der Waals surface area contributed by atoms with Crippen LogP contribution in [0, 0.1) is 0 Å². The predicted molar refractivity (Wildman–Crippen MR) is 76.0 cm³/mol. The Morgan fingerprint density at radius 1 is 1.20 bits per heavy atom. The normalized spacial score (nSPS) is 15.7. The molecule has 20 heavy (non-hydrogen) atoms. The minimum atomic E-state index is -1.10. The van der Waals surface area contributed by atoms with Crippen LogP contribution in [0.3, 0.4) is 0 Å². The second-order valence-electron chi connectivity index (χ2n) is 4.61. The van der Waals surface area contributed by atoms with Gasteiger partial charge in [-0.1, -0.05) is 18.0 Å². The molecule has 0 atom stereocenters. The van der Waals surface area contributed by atoms with E-state index in [-0.39, 0.29) is 16.6 Å². The Balaban J connectivity index is 1.93. The molecule has 0 aliphatic carbocycles. The zero-order valence-electron chi connectivity index (χ0n) is 10.9. The van der Waals surface area contributed by atoms with Crippen molar-refractivity contribution in [1.82, 2.24) is 10.4 Å². The molecule has 2 rings (SSSR count). The van der Waals surface area contributed by atoms with Crippen LogP contribution in [-0.4, -0.2) is 35.2 Å². The van der Waals surface area contributed by atoms with Gasteiger partial charge in [0.15, 0.2) is 0 Å². The number of halogens is 1. The molecule has 7 heteroatoms. The van der Waals surface area contributed by atoms with Crippen LogP contribution < -0.4 is 10.7 Å². The number of nitrogens with zero attached hydrogens (tertiary/aromatic N) is 1. The van der Waals surface area contributed by atoms with Crippen molar-refractivity contribution in [1.29, 1.82) is 0 Å². The van der Waals surface area contributed by atoms with Crippen LogP contribution in [0.1, 0.15) is 29.6 Å². The Bertz CT molecular complexity index is 516. The zero-order valence-corrected chi connectivity index (χ0v) is 11.6.